The Morgan fingerprint density at radius 2 is 2.23 bits per heavy atom. The number of nitrogens with one attached hydrogen (secondary N) is 1. The Balaban J connectivity index is 1.87. The van der Waals surface area contributed by atoms with Gasteiger partial charge in [0.25, 0.3) is 5.69 Å². The van der Waals surface area contributed by atoms with Crippen molar-refractivity contribution in [3.63, 3.8) is 0 Å². The van der Waals surface area contributed by atoms with Crippen LogP contribution in [-0.2, 0) is 13.0 Å². The van der Waals surface area contributed by atoms with E-state index in [-0.39, 0.29) is 11.7 Å². The second-order valence-corrected chi connectivity index (χ2v) is 5.80. The lowest BCUT2D eigenvalue weighted by Crippen LogP contribution is -2.18. The molecule has 0 amide bonds. The normalized spacial score (nSPS) is 15.2. The Labute approximate surface area is 132 Å². The van der Waals surface area contributed by atoms with E-state index in [1.807, 2.05) is 6.92 Å². The molecular weight excluding hydrogens is 306 g/mol. The third kappa shape index (κ3) is 2.76. The van der Waals surface area contributed by atoms with Crippen molar-refractivity contribution in [2.45, 2.75) is 38.8 Å². The Morgan fingerprint density at radius 1 is 1.41 bits per heavy atom. The largest absolute Gasteiger partial charge is 0.370 e. The first kappa shape index (κ1) is 14.8. The SMILES string of the molecule is CC(Nc1ccc(Cl)cc1[N+](=O)[O-])c1nnc2n1CCCC2. The highest BCUT2D eigenvalue weighted by Gasteiger charge is 2.22. The van der Waals surface area contributed by atoms with Crippen molar-refractivity contribution in [3.05, 3.63) is 45.0 Å². The van der Waals surface area contributed by atoms with Crippen LogP contribution in [0.2, 0.25) is 5.02 Å². The number of aryl methyl sites for hydroxylation is 1. The number of nitrogens with zero attached hydrogens (tertiary/aromatic N) is 4. The van der Waals surface area contributed by atoms with Gasteiger partial charge in [-0.1, -0.05) is 11.6 Å². The Morgan fingerprint density at radius 3 is 3.00 bits per heavy atom. The van der Waals surface area contributed by atoms with Crippen LogP contribution in [0.15, 0.2) is 18.2 Å². The van der Waals surface area contributed by atoms with Gasteiger partial charge in [0, 0.05) is 24.1 Å². The molecule has 0 spiro atoms. The van der Waals surface area contributed by atoms with Gasteiger partial charge in [0.15, 0.2) is 5.82 Å². The number of fused-ring (bicyclic) bond motifs is 1. The molecule has 0 saturated heterocycles. The average molecular weight is 322 g/mol. The molecule has 3 rings (SSSR count). The van der Waals surface area contributed by atoms with Gasteiger partial charge in [-0.15, -0.1) is 10.2 Å². The maximum Gasteiger partial charge on any atom is 0.293 e. The predicted molar refractivity (Wildman–Crippen MR) is 83.1 cm³/mol. The van der Waals surface area contributed by atoms with Crippen molar-refractivity contribution < 1.29 is 4.92 Å². The van der Waals surface area contributed by atoms with E-state index in [9.17, 15) is 10.1 Å². The van der Waals surface area contributed by atoms with Crippen molar-refractivity contribution in [1.29, 1.82) is 0 Å². The van der Waals surface area contributed by atoms with Crippen molar-refractivity contribution >= 4 is 23.0 Å². The second-order valence-electron chi connectivity index (χ2n) is 5.37. The minimum absolute atomic E-state index is 0.0438. The minimum Gasteiger partial charge on any atom is -0.370 e. The number of nitro groups is 1. The number of nitro benzene ring substituents is 1. The fourth-order valence-electron chi connectivity index (χ4n) is 2.73. The van der Waals surface area contributed by atoms with Crippen LogP contribution in [0.3, 0.4) is 0 Å². The van der Waals surface area contributed by atoms with Gasteiger partial charge < -0.3 is 9.88 Å². The molecule has 7 nitrogen and oxygen atoms in total. The summed E-state index contributed by atoms with van der Waals surface area (Å²) < 4.78 is 2.10. The topological polar surface area (TPSA) is 85.9 Å². The number of benzene rings is 1. The molecule has 116 valence electrons. The van der Waals surface area contributed by atoms with E-state index in [1.54, 1.807) is 12.1 Å². The van der Waals surface area contributed by atoms with E-state index in [0.29, 0.717) is 10.7 Å². The molecule has 1 unspecified atom stereocenters. The first-order valence-electron chi connectivity index (χ1n) is 7.18. The van der Waals surface area contributed by atoms with Gasteiger partial charge >= 0.3 is 0 Å². The summed E-state index contributed by atoms with van der Waals surface area (Å²) in [6, 6.07) is 4.41. The molecule has 1 atom stereocenters. The lowest BCUT2D eigenvalue weighted by Gasteiger charge is -2.19. The summed E-state index contributed by atoms with van der Waals surface area (Å²) in [4.78, 5) is 10.7. The molecule has 8 heteroatoms. The summed E-state index contributed by atoms with van der Waals surface area (Å²) in [6.07, 6.45) is 3.16. The lowest BCUT2D eigenvalue weighted by molar-refractivity contribution is -0.384. The molecule has 1 N–H and O–H groups in total. The third-order valence-electron chi connectivity index (χ3n) is 3.80. The quantitative estimate of drug-likeness (QED) is 0.689. The molecule has 0 bridgehead atoms. The first-order valence-corrected chi connectivity index (χ1v) is 7.56. The molecule has 1 aromatic heterocycles. The van der Waals surface area contributed by atoms with Gasteiger partial charge in [-0.25, -0.2) is 0 Å². The van der Waals surface area contributed by atoms with Crippen LogP contribution in [0.1, 0.15) is 37.5 Å². The molecule has 2 heterocycles. The second kappa shape index (κ2) is 5.92. The molecular formula is C14H16ClN5O2. The van der Waals surface area contributed by atoms with Gasteiger partial charge in [0.1, 0.15) is 11.5 Å². The zero-order chi connectivity index (χ0) is 15.7. The van der Waals surface area contributed by atoms with Crippen LogP contribution in [0.4, 0.5) is 11.4 Å². The monoisotopic (exact) mass is 321 g/mol. The molecule has 0 saturated carbocycles. The van der Waals surface area contributed by atoms with Crippen LogP contribution in [-0.4, -0.2) is 19.7 Å². The van der Waals surface area contributed by atoms with E-state index < -0.39 is 4.92 Å². The minimum atomic E-state index is -0.444. The highest BCUT2D eigenvalue weighted by molar-refractivity contribution is 6.30. The fourth-order valence-corrected chi connectivity index (χ4v) is 2.89. The molecule has 22 heavy (non-hydrogen) atoms. The molecule has 1 aliphatic rings. The van der Waals surface area contributed by atoms with Crippen molar-refractivity contribution in [2.24, 2.45) is 0 Å². The predicted octanol–water partition coefficient (Wildman–Crippen LogP) is 3.35. The highest BCUT2D eigenvalue weighted by Crippen LogP contribution is 2.31. The van der Waals surface area contributed by atoms with Crippen molar-refractivity contribution in [3.8, 4) is 0 Å². The Hall–Kier alpha value is -2.15. The third-order valence-corrected chi connectivity index (χ3v) is 4.04. The van der Waals surface area contributed by atoms with Gasteiger partial charge in [0.2, 0.25) is 0 Å². The van der Waals surface area contributed by atoms with Crippen LogP contribution in [0.25, 0.3) is 0 Å². The molecule has 2 aromatic rings. The van der Waals surface area contributed by atoms with Crippen molar-refractivity contribution in [2.75, 3.05) is 5.32 Å². The summed E-state index contributed by atoms with van der Waals surface area (Å²) in [5.41, 5.74) is 0.382. The molecule has 0 radical (unpaired) electrons. The highest BCUT2D eigenvalue weighted by atomic mass is 35.5. The number of halogens is 1. The standard InChI is InChI=1S/C14H16ClN5O2/c1-9(14-18-17-13-4-2-3-7-19(13)14)16-11-6-5-10(15)8-12(11)20(21)22/h5-6,8-9,16H,2-4,7H2,1H3. The molecule has 1 aromatic carbocycles. The van der Waals surface area contributed by atoms with Crippen molar-refractivity contribution in [1.82, 2.24) is 14.8 Å². The number of aromatic nitrogens is 3. The van der Waals surface area contributed by atoms with Crippen LogP contribution in [0.5, 0.6) is 0 Å². The van der Waals surface area contributed by atoms with Gasteiger partial charge in [-0.3, -0.25) is 10.1 Å². The van der Waals surface area contributed by atoms with E-state index >= 15 is 0 Å². The Kier molecular flexibility index (Phi) is 3.98. The van der Waals surface area contributed by atoms with Crippen LogP contribution in [0, 0.1) is 10.1 Å². The van der Waals surface area contributed by atoms with Gasteiger partial charge in [-0.2, -0.15) is 0 Å². The number of rotatable bonds is 4. The summed E-state index contributed by atoms with van der Waals surface area (Å²) in [5.74, 6) is 1.79. The van der Waals surface area contributed by atoms with Gasteiger partial charge in [0.05, 0.1) is 11.0 Å². The molecule has 0 aliphatic carbocycles. The fraction of sp³-hybridized carbons (Fsp3) is 0.429. The number of hydrogen-bond donors (Lipinski definition) is 1. The van der Waals surface area contributed by atoms with E-state index in [4.69, 9.17) is 11.6 Å². The summed E-state index contributed by atoms with van der Waals surface area (Å²) in [6.45, 7) is 2.82. The zero-order valence-corrected chi connectivity index (χ0v) is 12.9. The number of anilines is 1. The average Bonchev–Trinajstić information content (AvgIpc) is 2.93. The van der Waals surface area contributed by atoms with E-state index in [2.05, 4.69) is 20.1 Å². The van der Waals surface area contributed by atoms with Gasteiger partial charge in [-0.05, 0) is 31.9 Å². The lowest BCUT2D eigenvalue weighted by atomic mass is 10.1. The summed E-state index contributed by atoms with van der Waals surface area (Å²) in [7, 11) is 0. The molecule has 1 aliphatic heterocycles. The maximum atomic E-state index is 11.1. The number of hydrogen-bond acceptors (Lipinski definition) is 5. The summed E-state index contributed by atoms with van der Waals surface area (Å²) in [5, 5.41) is 23.1. The van der Waals surface area contributed by atoms with E-state index in [0.717, 1.165) is 37.5 Å². The summed E-state index contributed by atoms with van der Waals surface area (Å²) >= 11 is 5.83. The zero-order valence-electron chi connectivity index (χ0n) is 12.1. The Bertz CT molecular complexity index is 715. The van der Waals surface area contributed by atoms with Crippen LogP contribution < -0.4 is 5.32 Å². The van der Waals surface area contributed by atoms with Crippen LogP contribution >= 0.6 is 11.6 Å². The maximum absolute atomic E-state index is 11.1. The van der Waals surface area contributed by atoms with E-state index in [1.165, 1.54) is 6.07 Å². The first-order chi connectivity index (χ1) is 10.6. The smallest absolute Gasteiger partial charge is 0.293 e. The molecule has 0 fully saturated rings.